The Balaban J connectivity index is 2.15. The minimum absolute atomic E-state index is 0.0108. The van der Waals surface area contributed by atoms with Crippen LogP contribution in [0.2, 0.25) is 0 Å². The monoisotopic (exact) mass is 455 g/mol. The second-order valence-corrected chi connectivity index (χ2v) is 10.5. The molecule has 174 valence electrons. The summed E-state index contributed by atoms with van der Waals surface area (Å²) < 4.78 is 32.2. The van der Waals surface area contributed by atoms with Crippen molar-refractivity contribution in [1.29, 1.82) is 0 Å². The Morgan fingerprint density at radius 3 is 2.48 bits per heavy atom. The molecule has 2 amide bonds. The molecular formula is C21H33N3O6S. The fraction of sp³-hybridized carbons (Fsp3) is 0.619. The quantitative estimate of drug-likeness (QED) is 0.637. The van der Waals surface area contributed by atoms with E-state index in [0.29, 0.717) is 32.5 Å². The van der Waals surface area contributed by atoms with Crippen molar-refractivity contribution in [2.75, 3.05) is 31.5 Å². The molecule has 0 bridgehead atoms. The molecule has 1 aliphatic heterocycles. The zero-order chi connectivity index (χ0) is 23.4. The van der Waals surface area contributed by atoms with E-state index in [1.54, 1.807) is 34.6 Å². The molecule has 1 saturated heterocycles. The SMILES string of the molecule is CCN(CC)S(=O)(=O)c1ccc(O)c(NC(=O)C2CCCN(C(=O)OC(C)(C)C)C2)c1. The molecule has 0 saturated carbocycles. The number of anilines is 1. The molecule has 0 spiro atoms. The van der Waals surface area contributed by atoms with Crippen molar-refractivity contribution < 1.29 is 27.9 Å². The van der Waals surface area contributed by atoms with Gasteiger partial charge in [-0.15, -0.1) is 0 Å². The summed E-state index contributed by atoms with van der Waals surface area (Å²) in [6.07, 6.45) is 0.739. The number of phenolic OH excluding ortho intramolecular Hbond substituents is 1. The Morgan fingerprint density at radius 1 is 1.26 bits per heavy atom. The van der Waals surface area contributed by atoms with E-state index in [4.69, 9.17) is 4.74 Å². The number of aromatic hydroxyl groups is 1. The van der Waals surface area contributed by atoms with Crippen molar-refractivity contribution in [3.05, 3.63) is 18.2 Å². The number of carbonyl (C=O) groups excluding carboxylic acids is 2. The molecule has 1 atom stereocenters. The molecule has 1 fully saturated rings. The van der Waals surface area contributed by atoms with Crippen molar-refractivity contribution >= 4 is 27.7 Å². The fourth-order valence-electron chi connectivity index (χ4n) is 3.41. The van der Waals surface area contributed by atoms with Crippen LogP contribution in [0.25, 0.3) is 0 Å². The molecule has 10 heteroatoms. The van der Waals surface area contributed by atoms with E-state index in [2.05, 4.69) is 5.32 Å². The first-order chi connectivity index (χ1) is 14.4. The molecular weight excluding hydrogens is 422 g/mol. The van der Waals surface area contributed by atoms with E-state index in [1.807, 2.05) is 0 Å². The van der Waals surface area contributed by atoms with E-state index in [1.165, 1.54) is 27.4 Å². The Morgan fingerprint density at radius 2 is 1.90 bits per heavy atom. The maximum atomic E-state index is 12.8. The van der Waals surface area contributed by atoms with E-state index in [-0.39, 0.29) is 28.8 Å². The number of likely N-dealkylation sites (tertiary alicyclic amines) is 1. The predicted molar refractivity (Wildman–Crippen MR) is 117 cm³/mol. The highest BCUT2D eigenvalue weighted by molar-refractivity contribution is 7.89. The molecule has 1 aliphatic rings. The first-order valence-electron chi connectivity index (χ1n) is 10.5. The number of carbonyl (C=O) groups is 2. The summed E-state index contributed by atoms with van der Waals surface area (Å²) in [5.74, 6) is -1.11. The van der Waals surface area contributed by atoms with Crippen molar-refractivity contribution in [1.82, 2.24) is 9.21 Å². The van der Waals surface area contributed by atoms with Gasteiger partial charge < -0.3 is 20.1 Å². The molecule has 1 aromatic carbocycles. The Kier molecular flexibility index (Phi) is 7.93. The van der Waals surface area contributed by atoms with Gasteiger partial charge in [-0.1, -0.05) is 13.8 Å². The molecule has 1 heterocycles. The lowest BCUT2D eigenvalue weighted by molar-refractivity contribution is -0.121. The molecule has 2 N–H and O–H groups in total. The zero-order valence-corrected chi connectivity index (χ0v) is 19.7. The number of rotatable bonds is 6. The summed E-state index contributed by atoms with van der Waals surface area (Å²) in [6, 6.07) is 3.82. The number of amides is 2. The first kappa shape index (κ1) is 24.9. The number of benzene rings is 1. The van der Waals surface area contributed by atoms with Crippen molar-refractivity contribution in [2.45, 2.75) is 58.0 Å². The van der Waals surface area contributed by atoms with Crippen molar-refractivity contribution in [2.24, 2.45) is 5.92 Å². The van der Waals surface area contributed by atoms with Crippen LogP contribution < -0.4 is 5.32 Å². The first-order valence-corrected chi connectivity index (χ1v) is 11.9. The van der Waals surface area contributed by atoms with Gasteiger partial charge >= 0.3 is 6.09 Å². The van der Waals surface area contributed by atoms with Gasteiger partial charge in [0.25, 0.3) is 0 Å². The number of nitrogens with one attached hydrogen (secondary N) is 1. The van der Waals surface area contributed by atoms with Gasteiger partial charge in [0.1, 0.15) is 11.4 Å². The minimum atomic E-state index is -3.74. The number of phenols is 1. The topological polar surface area (TPSA) is 116 Å². The summed E-state index contributed by atoms with van der Waals surface area (Å²) in [5.41, 5.74) is -0.609. The third-order valence-corrected chi connectivity index (χ3v) is 7.06. The lowest BCUT2D eigenvalue weighted by Gasteiger charge is -2.33. The molecule has 31 heavy (non-hydrogen) atoms. The summed E-state index contributed by atoms with van der Waals surface area (Å²) in [7, 11) is -3.74. The average molecular weight is 456 g/mol. The van der Waals surface area contributed by atoms with E-state index < -0.39 is 27.6 Å². The normalized spacial score (nSPS) is 17.5. The van der Waals surface area contributed by atoms with Gasteiger partial charge in [0, 0.05) is 26.2 Å². The molecule has 9 nitrogen and oxygen atoms in total. The van der Waals surface area contributed by atoms with Crippen LogP contribution >= 0.6 is 0 Å². The lowest BCUT2D eigenvalue weighted by Crippen LogP contribution is -2.45. The number of hydrogen-bond acceptors (Lipinski definition) is 6. The number of hydrogen-bond donors (Lipinski definition) is 2. The van der Waals surface area contributed by atoms with Crippen LogP contribution in [0.4, 0.5) is 10.5 Å². The van der Waals surface area contributed by atoms with E-state index >= 15 is 0 Å². The molecule has 1 unspecified atom stereocenters. The molecule has 0 aliphatic carbocycles. The number of nitrogens with zero attached hydrogens (tertiary/aromatic N) is 2. The second-order valence-electron chi connectivity index (χ2n) is 8.52. The van der Waals surface area contributed by atoms with E-state index in [0.717, 1.165) is 0 Å². The van der Waals surface area contributed by atoms with E-state index in [9.17, 15) is 23.1 Å². The highest BCUT2D eigenvalue weighted by atomic mass is 32.2. The Bertz CT molecular complexity index is 906. The molecule has 1 aromatic rings. The van der Waals surface area contributed by atoms with Gasteiger partial charge in [0.2, 0.25) is 15.9 Å². The van der Waals surface area contributed by atoms with Crippen LogP contribution in [0.1, 0.15) is 47.5 Å². The third kappa shape index (κ3) is 6.33. The summed E-state index contributed by atoms with van der Waals surface area (Å²) >= 11 is 0. The van der Waals surface area contributed by atoms with Crippen LogP contribution in [0.3, 0.4) is 0 Å². The predicted octanol–water partition coefficient (Wildman–Crippen LogP) is 3.01. The summed E-state index contributed by atoms with van der Waals surface area (Å²) in [6.45, 7) is 10.1. The highest BCUT2D eigenvalue weighted by Crippen LogP contribution is 2.29. The second kappa shape index (κ2) is 9.86. The smallest absolute Gasteiger partial charge is 0.410 e. The Labute approximate surface area is 184 Å². The Hall–Kier alpha value is -2.33. The lowest BCUT2D eigenvalue weighted by atomic mass is 9.97. The zero-order valence-electron chi connectivity index (χ0n) is 18.8. The van der Waals surface area contributed by atoms with Gasteiger partial charge in [-0.05, 0) is 51.8 Å². The molecule has 0 aromatic heterocycles. The van der Waals surface area contributed by atoms with Crippen LogP contribution in [-0.2, 0) is 19.6 Å². The third-order valence-electron chi connectivity index (χ3n) is 5.01. The molecule has 0 radical (unpaired) electrons. The van der Waals surface area contributed by atoms with Gasteiger partial charge in [-0.25, -0.2) is 13.2 Å². The number of piperidine rings is 1. The van der Waals surface area contributed by atoms with Gasteiger partial charge in [-0.3, -0.25) is 4.79 Å². The van der Waals surface area contributed by atoms with Gasteiger partial charge in [0.15, 0.2) is 0 Å². The molecule has 2 rings (SSSR count). The maximum absolute atomic E-state index is 12.8. The van der Waals surface area contributed by atoms with Crippen LogP contribution in [0, 0.1) is 5.92 Å². The fourth-order valence-corrected chi connectivity index (χ4v) is 4.89. The average Bonchev–Trinajstić information content (AvgIpc) is 2.69. The van der Waals surface area contributed by atoms with Crippen LogP contribution in [-0.4, -0.2) is 66.5 Å². The number of sulfonamides is 1. The minimum Gasteiger partial charge on any atom is -0.506 e. The summed E-state index contributed by atoms with van der Waals surface area (Å²) in [4.78, 5) is 26.6. The largest absolute Gasteiger partial charge is 0.506 e. The van der Waals surface area contributed by atoms with Crippen LogP contribution in [0.15, 0.2) is 23.1 Å². The van der Waals surface area contributed by atoms with Gasteiger partial charge in [-0.2, -0.15) is 4.31 Å². The highest BCUT2D eigenvalue weighted by Gasteiger charge is 2.31. The summed E-state index contributed by atoms with van der Waals surface area (Å²) in [5, 5.41) is 12.8. The van der Waals surface area contributed by atoms with Crippen molar-refractivity contribution in [3.8, 4) is 5.75 Å². The van der Waals surface area contributed by atoms with Crippen LogP contribution in [0.5, 0.6) is 5.75 Å². The standard InChI is InChI=1S/C21H33N3O6S/c1-6-24(7-2)31(28,29)16-10-11-18(25)17(13-16)22-19(26)15-9-8-12-23(14-15)20(27)30-21(3,4)5/h10-11,13,15,25H,6-9,12,14H2,1-5H3,(H,22,26). The number of ether oxygens (including phenoxy) is 1. The van der Waals surface area contributed by atoms with Gasteiger partial charge in [0.05, 0.1) is 16.5 Å². The maximum Gasteiger partial charge on any atom is 0.410 e. The van der Waals surface area contributed by atoms with Crippen molar-refractivity contribution in [3.63, 3.8) is 0 Å².